The highest BCUT2D eigenvalue weighted by Crippen LogP contribution is 2.32. The summed E-state index contributed by atoms with van der Waals surface area (Å²) in [4.78, 5) is 26.3. The lowest BCUT2D eigenvalue weighted by atomic mass is 10.1. The Morgan fingerprint density at radius 2 is 0.878 bits per heavy atom. The van der Waals surface area contributed by atoms with E-state index in [1.807, 2.05) is 24.3 Å². The van der Waals surface area contributed by atoms with Gasteiger partial charge in [-0.3, -0.25) is 9.59 Å². The van der Waals surface area contributed by atoms with E-state index >= 15 is 0 Å². The van der Waals surface area contributed by atoms with Crippen molar-refractivity contribution < 1.29 is 9.59 Å². The van der Waals surface area contributed by atoms with E-state index in [0.717, 1.165) is 11.1 Å². The summed E-state index contributed by atoms with van der Waals surface area (Å²) in [7, 11) is 0. The first-order valence-corrected chi connectivity index (χ1v) is 17.0. The minimum atomic E-state index is -0.392. The zero-order chi connectivity index (χ0) is 34.7. The maximum absolute atomic E-state index is 13.2. The number of nitrogens with zero attached hydrogens (tertiary/aromatic N) is 4. The maximum atomic E-state index is 13.2. The highest BCUT2D eigenvalue weighted by atomic mass is 35.5. The summed E-state index contributed by atoms with van der Waals surface area (Å²) in [6.45, 7) is 0.545. The van der Waals surface area contributed by atoms with Crippen LogP contribution in [0.3, 0.4) is 0 Å². The highest BCUT2D eigenvalue weighted by molar-refractivity contribution is 6.36. The quantitative estimate of drug-likeness (QED) is 0.136. The summed E-state index contributed by atoms with van der Waals surface area (Å²) >= 11 is 37.4. The Labute approximate surface area is 311 Å². The molecule has 0 saturated heterocycles. The number of hydrogen-bond donors (Lipinski definition) is 2. The van der Waals surface area contributed by atoms with E-state index in [1.54, 1.807) is 82.2 Å². The number of carbonyl (C=O) groups excluding carboxylic acids is 2. The molecule has 0 fully saturated rings. The molecule has 0 atom stereocenters. The average molecular weight is 773 g/mol. The van der Waals surface area contributed by atoms with Crippen molar-refractivity contribution in [3.63, 3.8) is 0 Å². The van der Waals surface area contributed by atoms with Crippen LogP contribution in [-0.4, -0.2) is 44.5 Å². The van der Waals surface area contributed by atoms with E-state index < -0.39 is 11.8 Å². The highest BCUT2D eigenvalue weighted by Gasteiger charge is 2.20. The van der Waals surface area contributed by atoms with Crippen molar-refractivity contribution >= 4 is 81.4 Å². The molecule has 4 aromatic carbocycles. The van der Waals surface area contributed by atoms with E-state index in [2.05, 4.69) is 20.8 Å². The Balaban J connectivity index is 1.13. The van der Waals surface area contributed by atoms with Crippen molar-refractivity contribution in [2.45, 2.75) is 6.42 Å². The fourth-order valence-corrected chi connectivity index (χ4v) is 6.21. The third-order valence-corrected chi connectivity index (χ3v) is 8.94. The third-order valence-electron chi connectivity index (χ3n) is 7.36. The van der Waals surface area contributed by atoms with Gasteiger partial charge in [0.2, 0.25) is 0 Å². The van der Waals surface area contributed by atoms with Crippen LogP contribution in [0.15, 0.2) is 97.1 Å². The lowest BCUT2D eigenvalue weighted by molar-refractivity contribution is 0.0946. The third kappa shape index (κ3) is 8.07. The van der Waals surface area contributed by atoms with Crippen LogP contribution in [0.5, 0.6) is 0 Å². The van der Waals surface area contributed by atoms with Gasteiger partial charge in [-0.1, -0.05) is 93.9 Å². The molecule has 0 saturated carbocycles. The Bertz CT molecular complexity index is 2010. The second-order valence-electron chi connectivity index (χ2n) is 10.7. The predicted molar refractivity (Wildman–Crippen MR) is 197 cm³/mol. The van der Waals surface area contributed by atoms with Crippen LogP contribution in [0.2, 0.25) is 30.1 Å². The lowest BCUT2D eigenvalue weighted by Crippen LogP contribution is -2.30. The molecule has 2 heterocycles. The topological polar surface area (TPSA) is 93.8 Å². The van der Waals surface area contributed by atoms with Crippen molar-refractivity contribution in [3.8, 4) is 33.9 Å². The molecule has 2 N–H and O–H groups in total. The molecule has 6 aromatic rings. The van der Waals surface area contributed by atoms with E-state index in [4.69, 9.17) is 69.6 Å². The van der Waals surface area contributed by atoms with Crippen LogP contribution in [-0.2, 0) is 0 Å². The molecular formula is C35H24Cl6N6O2. The minimum absolute atomic E-state index is 0.182. The molecule has 0 aliphatic heterocycles. The predicted octanol–water partition coefficient (Wildman–Crippen LogP) is 9.86. The van der Waals surface area contributed by atoms with Gasteiger partial charge < -0.3 is 10.6 Å². The summed E-state index contributed by atoms with van der Waals surface area (Å²) in [6.07, 6.45) is 0.443. The van der Waals surface area contributed by atoms with Gasteiger partial charge in [-0.05, 0) is 79.2 Å². The van der Waals surface area contributed by atoms with Crippen molar-refractivity contribution in [2.75, 3.05) is 13.1 Å². The smallest absolute Gasteiger partial charge is 0.271 e. The SMILES string of the molecule is O=C(NCCCNC(=O)c1cc(-c2ccc(Cl)cc2)n(-c2ccc(Cl)cc2Cl)n1)c1cc(-c2ccc(Cl)cc2)n(-c2ccc(Cl)cc2Cl)n1. The van der Waals surface area contributed by atoms with Crippen LogP contribution in [0.25, 0.3) is 33.9 Å². The van der Waals surface area contributed by atoms with Crippen molar-refractivity contribution in [3.05, 3.63) is 139 Å². The van der Waals surface area contributed by atoms with Gasteiger partial charge in [0.15, 0.2) is 11.4 Å². The second-order valence-corrected chi connectivity index (χ2v) is 13.3. The molecule has 8 nitrogen and oxygen atoms in total. The summed E-state index contributed by atoms with van der Waals surface area (Å²) < 4.78 is 3.18. The first-order valence-electron chi connectivity index (χ1n) is 14.8. The fraction of sp³-hybridized carbons (Fsp3) is 0.0857. The van der Waals surface area contributed by atoms with Crippen molar-refractivity contribution in [2.24, 2.45) is 0 Å². The van der Waals surface area contributed by atoms with E-state index in [0.29, 0.717) is 59.3 Å². The number of benzene rings is 4. The Hall–Kier alpha value is -4.02. The number of nitrogens with one attached hydrogen (secondary N) is 2. The molecule has 2 amide bonds. The second kappa shape index (κ2) is 15.3. The number of carbonyl (C=O) groups is 2. The molecule has 14 heteroatoms. The van der Waals surface area contributed by atoms with Gasteiger partial charge in [0, 0.05) is 44.3 Å². The molecule has 0 aliphatic rings. The number of hydrogen-bond acceptors (Lipinski definition) is 4. The first kappa shape index (κ1) is 34.8. The van der Waals surface area contributed by atoms with E-state index in [1.165, 1.54) is 0 Å². The van der Waals surface area contributed by atoms with Gasteiger partial charge in [-0.15, -0.1) is 0 Å². The standard InChI is InChI=1S/C35H24Cl6N6O2/c36-22-6-2-20(3-7-22)32-18-28(44-46(32)30-12-10-24(38)16-26(30)40)34(48)42-14-1-15-43-35(49)29-19-33(21-4-8-23(37)9-5-21)47(45-29)31-13-11-25(39)17-27(31)41/h2-13,16-19H,1,14-15H2,(H,42,48)(H,43,49). The molecule has 6 rings (SSSR count). The molecule has 248 valence electrons. The van der Waals surface area contributed by atoms with Crippen LogP contribution in [0, 0.1) is 0 Å². The molecule has 0 unspecified atom stereocenters. The number of aromatic nitrogens is 4. The number of rotatable bonds is 10. The largest absolute Gasteiger partial charge is 0.351 e. The summed E-state index contributed by atoms with van der Waals surface area (Å²) in [5.41, 5.74) is 4.30. The van der Waals surface area contributed by atoms with Crippen LogP contribution in [0.1, 0.15) is 27.4 Å². The Kier molecular flexibility index (Phi) is 10.8. The average Bonchev–Trinajstić information content (AvgIpc) is 3.71. The molecule has 2 aromatic heterocycles. The van der Waals surface area contributed by atoms with Crippen molar-refractivity contribution in [1.82, 2.24) is 30.2 Å². The fourth-order valence-electron chi connectivity index (χ4n) is 4.98. The molecule has 0 spiro atoms. The van der Waals surface area contributed by atoms with Gasteiger partial charge in [-0.25, -0.2) is 9.36 Å². The molecule has 0 radical (unpaired) electrons. The van der Waals surface area contributed by atoms with E-state index in [9.17, 15) is 9.59 Å². The maximum Gasteiger partial charge on any atom is 0.271 e. The van der Waals surface area contributed by atoms with Gasteiger partial charge in [0.25, 0.3) is 11.8 Å². The normalized spacial score (nSPS) is 11.1. The van der Waals surface area contributed by atoms with Crippen LogP contribution >= 0.6 is 69.6 Å². The van der Waals surface area contributed by atoms with E-state index in [-0.39, 0.29) is 24.5 Å². The Morgan fingerprint density at radius 3 is 1.24 bits per heavy atom. The zero-order valence-corrected chi connectivity index (χ0v) is 29.8. The monoisotopic (exact) mass is 770 g/mol. The summed E-state index contributed by atoms with van der Waals surface area (Å²) in [5.74, 6) is -0.784. The zero-order valence-electron chi connectivity index (χ0n) is 25.2. The van der Waals surface area contributed by atoms with Gasteiger partial charge in [-0.2, -0.15) is 10.2 Å². The lowest BCUT2D eigenvalue weighted by Gasteiger charge is -2.10. The van der Waals surface area contributed by atoms with Gasteiger partial charge in [0.1, 0.15) is 0 Å². The van der Waals surface area contributed by atoms with Crippen LogP contribution in [0.4, 0.5) is 0 Å². The number of amides is 2. The minimum Gasteiger partial charge on any atom is -0.351 e. The molecule has 0 bridgehead atoms. The van der Waals surface area contributed by atoms with Gasteiger partial charge >= 0.3 is 0 Å². The first-order chi connectivity index (χ1) is 23.6. The van der Waals surface area contributed by atoms with Crippen LogP contribution < -0.4 is 10.6 Å². The summed E-state index contributed by atoms with van der Waals surface area (Å²) in [5, 5.41) is 17.7. The molecule has 49 heavy (non-hydrogen) atoms. The Morgan fingerprint density at radius 1 is 0.510 bits per heavy atom. The van der Waals surface area contributed by atoms with Crippen molar-refractivity contribution in [1.29, 1.82) is 0 Å². The molecule has 0 aliphatic carbocycles. The molecular weight excluding hydrogens is 749 g/mol. The summed E-state index contributed by atoms with van der Waals surface area (Å²) in [6, 6.07) is 27.7. The van der Waals surface area contributed by atoms with Gasteiger partial charge in [0.05, 0.1) is 32.8 Å². The number of halogens is 6.